The van der Waals surface area contributed by atoms with Crippen molar-refractivity contribution in [1.82, 2.24) is 0 Å². The van der Waals surface area contributed by atoms with Crippen LogP contribution in [0.15, 0.2) is 11.6 Å². The Labute approximate surface area is 65.3 Å². The van der Waals surface area contributed by atoms with Crippen LogP contribution in [0.4, 0.5) is 0 Å². The van der Waals surface area contributed by atoms with E-state index >= 15 is 0 Å². The van der Waals surface area contributed by atoms with Crippen molar-refractivity contribution in [3.63, 3.8) is 0 Å². The minimum atomic E-state index is 0.721. The van der Waals surface area contributed by atoms with Gasteiger partial charge in [0.05, 0.1) is 0 Å². The smallest absolute Gasteiger partial charge is 0.0263 e. The predicted octanol–water partition coefficient (Wildman–Crippen LogP) is 3.63. The molecule has 0 aromatic rings. The number of rotatable bonds is 3. The van der Waals surface area contributed by atoms with Crippen LogP contribution in [-0.2, 0) is 0 Å². The maximum absolute atomic E-state index is 2.36. The van der Waals surface area contributed by atoms with Gasteiger partial charge < -0.3 is 0 Å². The SMILES string of the molecule is CC(=CCC(C)C)C(C)C. The summed E-state index contributed by atoms with van der Waals surface area (Å²) in [5.41, 5.74) is 1.52. The highest BCUT2D eigenvalue weighted by atomic mass is 14.0. The second-order valence-electron chi connectivity index (χ2n) is 3.73. The van der Waals surface area contributed by atoms with Gasteiger partial charge in [-0.3, -0.25) is 0 Å². The molecule has 0 nitrogen and oxygen atoms in total. The maximum atomic E-state index is 2.36. The van der Waals surface area contributed by atoms with Crippen LogP contribution >= 0.6 is 0 Å². The highest BCUT2D eigenvalue weighted by molar-refractivity contribution is 5.00. The Morgan fingerprint density at radius 2 is 1.70 bits per heavy atom. The van der Waals surface area contributed by atoms with E-state index in [1.807, 2.05) is 0 Å². The Morgan fingerprint density at radius 1 is 1.20 bits per heavy atom. The average molecular weight is 140 g/mol. The molecule has 0 aromatic heterocycles. The molecule has 0 aliphatic heterocycles. The van der Waals surface area contributed by atoms with Crippen LogP contribution in [0.2, 0.25) is 0 Å². The zero-order chi connectivity index (χ0) is 8.15. The Morgan fingerprint density at radius 3 is 2.00 bits per heavy atom. The summed E-state index contributed by atoms with van der Waals surface area (Å²) < 4.78 is 0. The van der Waals surface area contributed by atoms with Crippen molar-refractivity contribution < 1.29 is 0 Å². The maximum Gasteiger partial charge on any atom is -0.0263 e. The van der Waals surface area contributed by atoms with E-state index in [1.54, 1.807) is 0 Å². The van der Waals surface area contributed by atoms with Crippen molar-refractivity contribution in [3.8, 4) is 0 Å². The first-order chi connectivity index (χ1) is 4.54. The van der Waals surface area contributed by atoms with E-state index in [-0.39, 0.29) is 0 Å². The van der Waals surface area contributed by atoms with Gasteiger partial charge in [0, 0.05) is 0 Å². The van der Waals surface area contributed by atoms with Gasteiger partial charge in [-0.05, 0) is 25.2 Å². The largest absolute Gasteiger partial charge is 0.0851 e. The number of hydrogen-bond acceptors (Lipinski definition) is 0. The minimum absolute atomic E-state index is 0.721. The summed E-state index contributed by atoms with van der Waals surface area (Å²) in [5.74, 6) is 1.52. The van der Waals surface area contributed by atoms with Crippen molar-refractivity contribution >= 4 is 0 Å². The normalized spacial score (nSPS) is 13.3. The number of hydrogen-bond donors (Lipinski definition) is 0. The van der Waals surface area contributed by atoms with E-state index in [1.165, 1.54) is 12.0 Å². The zero-order valence-electron chi connectivity index (χ0n) is 7.94. The lowest BCUT2D eigenvalue weighted by Gasteiger charge is -2.05. The molecule has 0 amide bonds. The molecule has 0 aromatic carbocycles. The van der Waals surface area contributed by atoms with E-state index in [4.69, 9.17) is 0 Å². The first kappa shape index (κ1) is 9.74. The lowest BCUT2D eigenvalue weighted by molar-refractivity contribution is 0.651. The Bertz CT molecular complexity index is 107. The van der Waals surface area contributed by atoms with Gasteiger partial charge in [-0.25, -0.2) is 0 Å². The molecular weight excluding hydrogens is 120 g/mol. The summed E-state index contributed by atoms with van der Waals surface area (Å²) in [7, 11) is 0. The van der Waals surface area contributed by atoms with E-state index < -0.39 is 0 Å². The highest BCUT2D eigenvalue weighted by Gasteiger charge is 1.95. The molecular formula is C10H20. The fourth-order valence-electron chi connectivity index (χ4n) is 0.657. The van der Waals surface area contributed by atoms with Crippen molar-refractivity contribution in [2.24, 2.45) is 11.8 Å². The summed E-state index contributed by atoms with van der Waals surface area (Å²) in [6, 6.07) is 0. The van der Waals surface area contributed by atoms with Crippen LogP contribution in [0, 0.1) is 11.8 Å². The average Bonchev–Trinajstić information content (AvgIpc) is 1.82. The third-order valence-electron chi connectivity index (χ3n) is 1.82. The van der Waals surface area contributed by atoms with Crippen molar-refractivity contribution in [1.29, 1.82) is 0 Å². The van der Waals surface area contributed by atoms with Gasteiger partial charge >= 0.3 is 0 Å². The van der Waals surface area contributed by atoms with Gasteiger partial charge in [0.15, 0.2) is 0 Å². The molecule has 0 heterocycles. The zero-order valence-corrected chi connectivity index (χ0v) is 7.94. The quantitative estimate of drug-likeness (QED) is 0.525. The summed E-state index contributed by atoms with van der Waals surface area (Å²) in [6.45, 7) is 11.2. The van der Waals surface area contributed by atoms with Crippen LogP contribution in [0.1, 0.15) is 41.0 Å². The molecule has 0 N–H and O–H groups in total. The van der Waals surface area contributed by atoms with Gasteiger partial charge in [0.2, 0.25) is 0 Å². The standard InChI is InChI=1S/C10H20/c1-8(2)6-7-10(5)9(3)4/h7-9H,6H2,1-5H3. The molecule has 0 bridgehead atoms. The Balaban J connectivity index is 3.69. The monoisotopic (exact) mass is 140 g/mol. The topological polar surface area (TPSA) is 0 Å². The summed E-state index contributed by atoms with van der Waals surface area (Å²) >= 11 is 0. The van der Waals surface area contributed by atoms with Crippen LogP contribution in [-0.4, -0.2) is 0 Å². The lowest BCUT2D eigenvalue weighted by atomic mass is 10.0. The first-order valence-corrected chi connectivity index (χ1v) is 4.20. The molecule has 60 valence electrons. The molecule has 0 aliphatic rings. The first-order valence-electron chi connectivity index (χ1n) is 4.20. The van der Waals surface area contributed by atoms with Crippen molar-refractivity contribution in [2.45, 2.75) is 41.0 Å². The van der Waals surface area contributed by atoms with E-state index in [2.05, 4.69) is 40.7 Å². The molecule has 0 rings (SSSR count). The molecule has 0 aliphatic carbocycles. The molecule has 10 heavy (non-hydrogen) atoms. The summed E-state index contributed by atoms with van der Waals surface area (Å²) in [5, 5.41) is 0. The third kappa shape index (κ3) is 4.60. The fraction of sp³-hybridized carbons (Fsp3) is 0.800. The van der Waals surface area contributed by atoms with Gasteiger partial charge in [-0.15, -0.1) is 0 Å². The summed E-state index contributed by atoms with van der Waals surface area (Å²) in [4.78, 5) is 0. The van der Waals surface area contributed by atoms with Crippen LogP contribution in [0.5, 0.6) is 0 Å². The molecule has 0 unspecified atom stereocenters. The molecule has 0 spiro atoms. The summed E-state index contributed by atoms with van der Waals surface area (Å²) in [6.07, 6.45) is 3.58. The van der Waals surface area contributed by atoms with E-state index in [9.17, 15) is 0 Å². The van der Waals surface area contributed by atoms with Gasteiger partial charge in [0.25, 0.3) is 0 Å². The van der Waals surface area contributed by atoms with E-state index in [0.29, 0.717) is 0 Å². The second-order valence-corrected chi connectivity index (χ2v) is 3.73. The van der Waals surface area contributed by atoms with Crippen LogP contribution in [0.3, 0.4) is 0 Å². The van der Waals surface area contributed by atoms with Gasteiger partial charge in [-0.1, -0.05) is 39.3 Å². The van der Waals surface area contributed by atoms with Crippen molar-refractivity contribution in [3.05, 3.63) is 11.6 Å². The van der Waals surface area contributed by atoms with Crippen LogP contribution in [0.25, 0.3) is 0 Å². The molecule has 0 saturated carbocycles. The van der Waals surface area contributed by atoms with Gasteiger partial charge in [-0.2, -0.15) is 0 Å². The predicted molar refractivity (Wildman–Crippen MR) is 48.1 cm³/mol. The Hall–Kier alpha value is -0.260. The minimum Gasteiger partial charge on any atom is -0.0851 e. The molecule has 0 saturated heterocycles. The van der Waals surface area contributed by atoms with E-state index in [0.717, 1.165) is 11.8 Å². The number of allylic oxidation sites excluding steroid dienone is 2. The van der Waals surface area contributed by atoms with Crippen molar-refractivity contribution in [2.75, 3.05) is 0 Å². The lowest BCUT2D eigenvalue weighted by Crippen LogP contribution is -1.90. The fourth-order valence-corrected chi connectivity index (χ4v) is 0.657. The van der Waals surface area contributed by atoms with Crippen LogP contribution < -0.4 is 0 Å². The molecule has 0 atom stereocenters. The van der Waals surface area contributed by atoms with Gasteiger partial charge in [0.1, 0.15) is 0 Å². The third-order valence-corrected chi connectivity index (χ3v) is 1.82. The molecule has 0 fully saturated rings. The highest BCUT2D eigenvalue weighted by Crippen LogP contribution is 2.11. The molecule has 0 radical (unpaired) electrons. The molecule has 0 heteroatoms. The Kier molecular flexibility index (Phi) is 4.42. The second kappa shape index (κ2) is 4.54.